The third-order valence-corrected chi connectivity index (χ3v) is 2.21. The zero-order valence-corrected chi connectivity index (χ0v) is 10.6. The normalized spacial score (nSPS) is 12.4. The van der Waals surface area contributed by atoms with E-state index < -0.39 is 11.0 Å². The molecular formula is C9H13BrN4O3. The van der Waals surface area contributed by atoms with Crippen LogP contribution in [0.4, 0.5) is 5.69 Å². The molecule has 1 unspecified atom stereocenters. The first kappa shape index (κ1) is 13.8. The van der Waals surface area contributed by atoms with Gasteiger partial charge in [0.2, 0.25) is 0 Å². The number of aliphatic hydroxyl groups excluding tert-OH is 1. The lowest BCUT2D eigenvalue weighted by Gasteiger charge is -2.11. The topological polar surface area (TPSA) is 93.2 Å². The first-order valence-electron chi connectivity index (χ1n) is 4.88. The fourth-order valence-electron chi connectivity index (χ4n) is 1.20. The van der Waals surface area contributed by atoms with Gasteiger partial charge < -0.3 is 10.4 Å². The summed E-state index contributed by atoms with van der Waals surface area (Å²) in [5, 5.41) is 26.8. The minimum atomic E-state index is -0.665. The largest absolute Gasteiger partial charge is 0.390 e. The Hall–Kier alpha value is -1.25. The van der Waals surface area contributed by atoms with Gasteiger partial charge in [0.15, 0.2) is 0 Å². The molecule has 0 saturated heterocycles. The lowest BCUT2D eigenvalue weighted by Crippen LogP contribution is -2.31. The van der Waals surface area contributed by atoms with Gasteiger partial charge >= 0.3 is 5.69 Å². The van der Waals surface area contributed by atoms with Crippen LogP contribution in [0.1, 0.15) is 0 Å². The van der Waals surface area contributed by atoms with Gasteiger partial charge in [-0.2, -0.15) is 5.10 Å². The number of hydrogen-bond acceptors (Lipinski definition) is 5. The van der Waals surface area contributed by atoms with Gasteiger partial charge in [-0.3, -0.25) is 14.8 Å². The molecule has 0 bridgehead atoms. The summed E-state index contributed by atoms with van der Waals surface area (Å²) < 4.78 is 2.13. The van der Waals surface area contributed by atoms with E-state index in [4.69, 9.17) is 0 Å². The minimum absolute atomic E-state index is 0.0843. The molecule has 1 rings (SSSR count). The van der Waals surface area contributed by atoms with Crippen LogP contribution in [0.15, 0.2) is 23.5 Å². The highest BCUT2D eigenvalue weighted by Gasteiger charge is 2.11. The summed E-state index contributed by atoms with van der Waals surface area (Å²) in [6.07, 6.45) is 1.77. The van der Waals surface area contributed by atoms with E-state index in [1.54, 1.807) is 0 Å². The van der Waals surface area contributed by atoms with E-state index >= 15 is 0 Å². The number of halogens is 1. The molecule has 0 aliphatic carbocycles. The molecule has 8 heteroatoms. The molecule has 17 heavy (non-hydrogen) atoms. The Morgan fingerprint density at radius 3 is 3.06 bits per heavy atom. The average Bonchev–Trinajstić information content (AvgIpc) is 2.65. The molecule has 1 aromatic rings. The van der Waals surface area contributed by atoms with E-state index in [0.717, 1.165) is 10.7 Å². The van der Waals surface area contributed by atoms with E-state index in [1.807, 2.05) is 0 Å². The van der Waals surface area contributed by atoms with Crippen molar-refractivity contribution in [3.63, 3.8) is 0 Å². The zero-order chi connectivity index (χ0) is 12.8. The molecule has 1 aromatic heterocycles. The third-order valence-electron chi connectivity index (χ3n) is 1.93. The third kappa shape index (κ3) is 5.07. The Morgan fingerprint density at radius 1 is 1.82 bits per heavy atom. The van der Waals surface area contributed by atoms with Crippen LogP contribution in [0.2, 0.25) is 0 Å². The molecule has 2 N–H and O–H groups in total. The standard InChI is InChI=1S/C9H13BrN4O3/c1-7(10)2-11-4-9(15)6-13-5-8(3-12-13)14(16)17/h3,5,9,11,15H,1-2,4,6H2. The summed E-state index contributed by atoms with van der Waals surface area (Å²) in [6.45, 7) is 4.75. The van der Waals surface area contributed by atoms with Crippen molar-refractivity contribution in [2.75, 3.05) is 13.1 Å². The monoisotopic (exact) mass is 304 g/mol. The van der Waals surface area contributed by atoms with Gasteiger partial charge in [-0.15, -0.1) is 0 Å². The van der Waals surface area contributed by atoms with E-state index in [-0.39, 0.29) is 12.2 Å². The highest BCUT2D eigenvalue weighted by atomic mass is 79.9. The molecule has 0 aliphatic heterocycles. The fourth-order valence-corrected chi connectivity index (χ4v) is 1.40. The SMILES string of the molecule is C=C(Br)CNCC(O)Cn1cc([N+](=O)[O-])cn1. The first-order valence-corrected chi connectivity index (χ1v) is 5.67. The van der Waals surface area contributed by atoms with Gasteiger partial charge in [0.05, 0.1) is 17.6 Å². The second kappa shape index (κ2) is 6.48. The average molecular weight is 305 g/mol. The Morgan fingerprint density at radius 2 is 2.53 bits per heavy atom. The van der Waals surface area contributed by atoms with E-state index in [2.05, 4.69) is 32.9 Å². The Labute approximate surface area is 106 Å². The van der Waals surface area contributed by atoms with Crippen molar-refractivity contribution in [2.24, 2.45) is 0 Å². The highest BCUT2D eigenvalue weighted by molar-refractivity contribution is 9.11. The molecule has 1 heterocycles. The molecule has 0 aliphatic rings. The maximum absolute atomic E-state index is 10.4. The molecule has 0 fully saturated rings. The van der Waals surface area contributed by atoms with Crippen LogP contribution >= 0.6 is 15.9 Å². The van der Waals surface area contributed by atoms with E-state index in [0.29, 0.717) is 13.1 Å². The van der Waals surface area contributed by atoms with Gasteiger partial charge in [0, 0.05) is 17.6 Å². The quantitative estimate of drug-likeness (QED) is 0.570. The molecule has 0 amide bonds. The zero-order valence-electron chi connectivity index (χ0n) is 9.04. The van der Waals surface area contributed by atoms with Crippen molar-refractivity contribution in [1.29, 1.82) is 0 Å². The highest BCUT2D eigenvalue weighted by Crippen LogP contribution is 2.07. The van der Waals surface area contributed by atoms with Crippen LogP contribution in [0, 0.1) is 10.1 Å². The lowest BCUT2D eigenvalue weighted by molar-refractivity contribution is -0.385. The smallest absolute Gasteiger partial charge is 0.306 e. The minimum Gasteiger partial charge on any atom is -0.390 e. The second-order valence-electron chi connectivity index (χ2n) is 3.48. The van der Waals surface area contributed by atoms with Crippen LogP contribution in [0.25, 0.3) is 0 Å². The van der Waals surface area contributed by atoms with Crippen LogP contribution in [-0.4, -0.2) is 39.0 Å². The maximum Gasteiger partial charge on any atom is 0.306 e. The lowest BCUT2D eigenvalue weighted by atomic mass is 10.3. The molecule has 0 saturated carbocycles. The van der Waals surface area contributed by atoms with Gasteiger partial charge in [0.25, 0.3) is 0 Å². The predicted molar refractivity (Wildman–Crippen MR) is 65.8 cm³/mol. The molecule has 94 valence electrons. The Kier molecular flexibility index (Phi) is 5.26. The summed E-state index contributed by atoms with van der Waals surface area (Å²) in [4.78, 5) is 9.88. The van der Waals surface area contributed by atoms with Crippen molar-refractivity contribution in [3.05, 3.63) is 33.6 Å². The van der Waals surface area contributed by atoms with Crippen LogP contribution < -0.4 is 5.32 Å². The number of aliphatic hydroxyl groups is 1. The number of nitro groups is 1. The summed E-state index contributed by atoms with van der Waals surface area (Å²) in [6, 6.07) is 0. The van der Waals surface area contributed by atoms with Crippen molar-refractivity contribution in [1.82, 2.24) is 15.1 Å². The summed E-state index contributed by atoms with van der Waals surface area (Å²) >= 11 is 3.18. The molecule has 0 spiro atoms. The molecule has 0 radical (unpaired) electrons. The van der Waals surface area contributed by atoms with Crippen LogP contribution in [0.5, 0.6) is 0 Å². The van der Waals surface area contributed by atoms with Crippen LogP contribution in [0.3, 0.4) is 0 Å². The number of nitrogens with zero attached hydrogens (tertiary/aromatic N) is 3. The molecule has 1 atom stereocenters. The number of nitrogens with one attached hydrogen (secondary N) is 1. The predicted octanol–water partition coefficient (Wildman–Crippen LogP) is 0.650. The number of rotatable bonds is 7. The van der Waals surface area contributed by atoms with Gasteiger partial charge in [-0.1, -0.05) is 22.5 Å². The second-order valence-corrected chi connectivity index (χ2v) is 4.60. The summed E-state index contributed by atoms with van der Waals surface area (Å²) in [7, 11) is 0. The van der Waals surface area contributed by atoms with Gasteiger partial charge in [0.1, 0.15) is 12.4 Å². The van der Waals surface area contributed by atoms with Crippen molar-refractivity contribution >= 4 is 21.6 Å². The molecule has 0 aromatic carbocycles. The molecule has 7 nitrogen and oxygen atoms in total. The Bertz CT molecular complexity index is 407. The van der Waals surface area contributed by atoms with E-state index in [1.165, 1.54) is 10.9 Å². The summed E-state index contributed by atoms with van der Waals surface area (Å²) in [5.74, 6) is 0. The Balaban J connectivity index is 2.36. The fraction of sp³-hybridized carbons (Fsp3) is 0.444. The first-order chi connectivity index (χ1) is 7.99. The summed E-state index contributed by atoms with van der Waals surface area (Å²) in [5.41, 5.74) is -0.0843. The van der Waals surface area contributed by atoms with Gasteiger partial charge in [-0.25, -0.2) is 0 Å². The van der Waals surface area contributed by atoms with Crippen molar-refractivity contribution in [3.8, 4) is 0 Å². The number of aromatic nitrogens is 2. The maximum atomic E-state index is 10.4. The number of hydrogen-bond donors (Lipinski definition) is 2. The van der Waals surface area contributed by atoms with E-state index in [9.17, 15) is 15.2 Å². The van der Waals surface area contributed by atoms with Crippen LogP contribution in [-0.2, 0) is 6.54 Å². The van der Waals surface area contributed by atoms with Crippen molar-refractivity contribution in [2.45, 2.75) is 12.6 Å². The molecular weight excluding hydrogens is 292 g/mol. The van der Waals surface area contributed by atoms with Crippen molar-refractivity contribution < 1.29 is 10.0 Å². The van der Waals surface area contributed by atoms with Gasteiger partial charge in [-0.05, 0) is 0 Å².